The second-order valence-electron chi connectivity index (χ2n) is 3.52. The van der Waals surface area contributed by atoms with E-state index >= 15 is 0 Å². The topological polar surface area (TPSA) is 35.8 Å². The van der Waals surface area contributed by atoms with E-state index in [1.54, 1.807) is 0 Å². The molecule has 2 heteroatoms. The van der Waals surface area contributed by atoms with Crippen LogP contribution in [0, 0.1) is 11.3 Å². The molecule has 2 nitrogen and oxygen atoms in total. The summed E-state index contributed by atoms with van der Waals surface area (Å²) in [7, 11) is 0. The largest absolute Gasteiger partial charge is 0.302 e. The van der Waals surface area contributed by atoms with Gasteiger partial charge in [0.25, 0.3) is 0 Å². The normalized spacial score (nSPS) is 10.3. The van der Waals surface area contributed by atoms with Crippen molar-refractivity contribution in [2.24, 2.45) is 0 Å². The zero-order valence-corrected chi connectivity index (χ0v) is 8.97. The lowest BCUT2D eigenvalue weighted by Crippen LogP contribution is -2.29. The van der Waals surface area contributed by atoms with E-state index in [-0.39, 0.29) is 0 Å². The molecule has 13 heavy (non-hydrogen) atoms. The van der Waals surface area contributed by atoms with Crippen molar-refractivity contribution in [3.63, 3.8) is 0 Å². The first-order valence-electron chi connectivity index (χ1n) is 5.45. The first-order chi connectivity index (χ1) is 6.35. The summed E-state index contributed by atoms with van der Waals surface area (Å²) in [4.78, 5) is 0. The number of nitriles is 1. The maximum atomic E-state index is 8.45. The molecular weight excluding hydrogens is 160 g/mol. The van der Waals surface area contributed by atoms with Gasteiger partial charge < -0.3 is 5.32 Å². The second kappa shape index (κ2) is 9.54. The third-order valence-corrected chi connectivity index (χ3v) is 2.28. The quantitative estimate of drug-likeness (QED) is 0.586. The van der Waals surface area contributed by atoms with Gasteiger partial charge >= 0.3 is 0 Å². The summed E-state index contributed by atoms with van der Waals surface area (Å²) in [5.41, 5.74) is 0. The molecule has 0 aromatic rings. The van der Waals surface area contributed by atoms with Crippen LogP contribution in [0.15, 0.2) is 0 Å². The number of hydrogen-bond donors (Lipinski definition) is 1. The molecule has 0 aromatic heterocycles. The summed E-state index contributed by atoms with van der Waals surface area (Å²) < 4.78 is 0. The van der Waals surface area contributed by atoms with E-state index in [1.807, 2.05) is 0 Å². The predicted molar refractivity (Wildman–Crippen MR) is 56.5 cm³/mol. The molecule has 76 valence electrons. The molecule has 0 amide bonds. The van der Waals surface area contributed by atoms with Crippen molar-refractivity contribution in [2.75, 3.05) is 6.54 Å². The first kappa shape index (κ1) is 12.4. The molecule has 0 radical (unpaired) electrons. The molecule has 0 rings (SSSR count). The highest BCUT2D eigenvalue weighted by molar-refractivity contribution is 4.77. The standard InChI is InChI=1S/C11H22N2/c1-3-5-7-11(8-6-4-2)13-10-9-12/h11,13H,3-8,10H2,1-2H3. The van der Waals surface area contributed by atoms with Crippen molar-refractivity contribution in [1.82, 2.24) is 5.32 Å². The van der Waals surface area contributed by atoms with Crippen LogP contribution in [0.1, 0.15) is 52.4 Å². The highest BCUT2D eigenvalue weighted by atomic mass is 14.9. The Labute approximate surface area is 82.3 Å². The lowest BCUT2D eigenvalue weighted by molar-refractivity contribution is 0.445. The summed E-state index contributed by atoms with van der Waals surface area (Å²) in [5, 5.41) is 11.7. The van der Waals surface area contributed by atoms with Crippen LogP contribution in [-0.2, 0) is 0 Å². The smallest absolute Gasteiger partial charge is 0.0843 e. The summed E-state index contributed by atoms with van der Waals surface area (Å²) in [6, 6.07) is 2.71. The molecule has 0 aliphatic heterocycles. The van der Waals surface area contributed by atoms with E-state index in [0.29, 0.717) is 12.6 Å². The molecule has 0 fully saturated rings. The molecule has 0 aliphatic rings. The van der Waals surface area contributed by atoms with Crippen LogP contribution in [0.3, 0.4) is 0 Å². The van der Waals surface area contributed by atoms with E-state index in [0.717, 1.165) is 0 Å². The molecule has 0 atom stereocenters. The third-order valence-electron chi connectivity index (χ3n) is 2.28. The maximum absolute atomic E-state index is 8.45. The Bertz CT molecular complexity index is 130. The average molecular weight is 182 g/mol. The van der Waals surface area contributed by atoms with Gasteiger partial charge in [-0.2, -0.15) is 5.26 Å². The predicted octanol–water partition coefficient (Wildman–Crippen LogP) is 2.85. The molecule has 0 unspecified atom stereocenters. The molecule has 0 aromatic carbocycles. The molecule has 0 spiro atoms. The summed E-state index contributed by atoms with van der Waals surface area (Å²) >= 11 is 0. The molecule has 1 N–H and O–H groups in total. The number of hydrogen-bond acceptors (Lipinski definition) is 2. The summed E-state index contributed by atoms with van der Waals surface area (Å²) in [5.74, 6) is 0. The van der Waals surface area contributed by atoms with Gasteiger partial charge in [0.15, 0.2) is 0 Å². The van der Waals surface area contributed by atoms with Crippen LogP contribution in [0.2, 0.25) is 0 Å². The van der Waals surface area contributed by atoms with E-state index in [4.69, 9.17) is 5.26 Å². The van der Waals surface area contributed by atoms with Crippen molar-refractivity contribution < 1.29 is 0 Å². The Hall–Kier alpha value is -0.550. The van der Waals surface area contributed by atoms with Gasteiger partial charge in [0.1, 0.15) is 0 Å². The Morgan fingerprint density at radius 2 is 1.69 bits per heavy atom. The maximum Gasteiger partial charge on any atom is 0.0843 e. The van der Waals surface area contributed by atoms with Crippen molar-refractivity contribution in [2.45, 2.75) is 58.4 Å². The van der Waals surface area contributed by atoms with E-state index in [1.165, 1.54) is 38.5 Å². The van der Waals surface area contributed by atoms with Gasteiger partial charge in [-0.1, -0.05) is 39.5 Å². The van der Waals surface area contributed by atoms with Crippen LogP contribution >= 0.6 is 0 Å². The van der Waals surface area contributed by atoms with Crippen LogP contribution in [0.25, 0.3) is 0 Å². The fourth-order valence-electron chi connectivity index (χ4n) is 1.44. The highest BCUT2D eigenvalue weighted by Crippen LogP contribution is 2.07. The van der Waals surface area contributed by atoms with Gasteiger partial charge in [-0.25, -0.2) is 0 Å². The summed E-state index contributed by atoms with van der Waals surface area (Å²) in [6.07, 6.45) is 7.48. The number of nitrogens with one attached hydrogen (secondary N) is 1. The van der Waals surface area contributed by atoms with Crippen molar-refractivity contribution in [3.8, 4) is 6.07 Å². The van der Waals surface area contributed by atoms with Crippen LogP contribution in [0.5, 0.6) is 0 Å². The van der Waals surface area contributed by atoms with Crippen molar-refractivity contribution >= 4 is 0 Å². The zero-order valence-electron chi connectivity index (χ0n) is 8.97. The highest BCUT2D eigenvalue weighted by Gasteiger charge is 2.05. The van der Waals surface area contributed by atoms with E-state index < -0.39 is 0 Å². The minimum absolute atomic E-state index is 0.498. The Balaban J connectivity index is 3.54. The Kier molecular flexibility index (Phi) is 9.13. The third kappa shape index (κ3) is 7.80. The van der Waals surface area contributed by atoms with Crippen molar-refractivity contribution in [1.29, 1.82) is 5.26 Å². The second-order valence-corrected chi connectivity index (χ2v) is 3.52. The SMILES string of the molecule is CCCCC(CCCC)NCC#N. The molecule has 0 saturated carbocycles. The van der Waals surface area contributed by atoms with Gasteiger partial charge in [-0.05, 0) is 12.8 Å². The first-order valence-corrected chi connectivity index (χ1v) is 5.45. The number of rotatable bonds is 8. The van der Waals surface area contributed by atoms with E-state index in [2.05, 4.69) is 25.2 Å². The zero-order chi connectivity index (χ0) is 9.94. The van der Waals surface area contributed by atoms with Gasteiger partial charge in [0.2, 0.25) is 0 Å². The lowest BCUT2D eigenvalue weighted by atomic mass is 10.0. The van der Waals surface area contributed by atoms with Gasteiger partial charge in [0, 0.05) is 6.04 Å². The van der Waals surface area contributed by atoms with E-state index in [9.17, 15) is 0 Å². The number of nitrogens with zero attached hydrogens (tertiary/aromatic N) is 1. The minimum Gasteiger partial charge on any atom is -0.302 e. The monoisotopic (exact) mass is 182 g/mol. The fraction of sp³-hybridized carbons (Fsp3) is 0.909. The molecule has 0 aliphatic carbocycles. The summed E-state index contributed by atoms with van der Waals surface area (Å²) in [6.45, 7) is 4.92. The Morgan fingerprint density at radius 3 is 2.08 bits per heavy atom. The number of unbranched alkanes of at least 4 members (excludes halogenated alkanes) is 2. The van der Waals surface area contributed by atoms with Crippen molar-refractivity contribution in [3.05, 3.63) is 0 Å². The Morgan fingerprint density at radius 1 is 1.15 bits per heavy atom. The lowest BCUT2D eigenvalue weighted by Gasteiger charge is -2.15. The minimum atomic E-state index is 0.498. The van der Waals surface area contributed by atoms with Crippen LogP contribution in [0.4, 0.5) is 0 Å². The molecule has 0 bridgehead atoms. The molecule has 0 heterocycles. The average Bonchev–Trinajstić information content (AvgIpc) is 2.17. The molecular formula is C11H22N2. The van der Waals surface area contributed by atoms with Gasteiger partial charge in [-0.3, -0.25) is 0 Å². The fourth-order valence-corrected chi connectivity index (χ4v) is 1.44. The van der Waals surface area contributed by atoms with Gasteiger partial charge in [0.05, 0.1) is 12.6 Å². The molecule has 0 saturated heterocycles. The van der Waals surface area contributed by atoms with Crippen LogP contribution < -0.4 is 5.32 Å². The van der Waals surface area contributed by atoms with Gasteiger partial charge in [-0.15, -0.1) is 0 Å². The van der Waals surface area contributed by atoms with Crippen LogP contribution in [-0.4, -0.2) is 12.6 Å².